The van der Waals surface area contributed by atoms with E-state index in [1.54, 1.807) is 18.6 Å². The number of anilines is 1. The van der Waals surface area contributed by atoms with Crippen LogP contribution >= 0.6 is 23.4 Å². The molecule has 36 heavy (non-hydrogen) atoms. The molecular weight excluding hydrogens is 490 g/mol. The maximum absolute atomic E-state index is 6.90. The van der Waals surface area contributed by atoms with Crippen LogP contribution in [0.2, 0.25) is 0 Å². The summed E-state index contributed by atoms with van der Waals surface area (Å²) in [6, 6.07) is 12.5. The van der Waals surface area contributed by atoms with Crippen molar-refractivity contribution in [3.8, 4) is 0 Å². The lowest BCUT2D eigenvalue weighted by molar-refractivity contribution is 0.673. The first-order valence-corrected chi connectivity index (χ1v) is 13.3. The summed E-state index contributed by atoms with van der Waals surface area (Å²) >= 11 is 8.37. The molecule has 7 nitrogen and oxygen atoms in total. The molecule has 1 aromatic carbocycles. The van der Waals surface area contributed by atoms with Gasteiger partial charge in [-0.15, -0.1) is 0 Å². The van der Waals surface area contributed by atoms with E-state index in [1.165, 1.54) is 22.9 Å². The predicted molar refractivity (Wildman–Crippen MR) is 146 cm³/mol. The van der Waals surface area contributed by atoms with Crippen molar-refractivity contribution in [2.24, 2.45) is 5.73 Å². The standard InChI is InChI=1S/C27H28ClN7S/c1-3-18-13-21-23(24(18)28)26(35(12-9-29)16-17(2)19-7-5-4-6-8-19)34-27(33-21)36-20-14-22-25(32-15-20)31-11-10-30-22/h4-8,10-11,14-15,17H,3,9,12-13,16,29H2,1-2H3. The van der Waals surface area contributed by atoms with Crippen molar-refractivity contribution in [2.45, 2.75) is 42.7 Å². The van der Waals surface area contributed by atoms with Crippen LogP contribution in [-0.4, -0.2) is 44.6 Å². The highest BCUT2D eigenvalue weighted by Crippen LogP contribution is 2.43. The van der Waals surface area contributed by atoms with Gasteiger partial charge in [-0.1, -0.05) is 55.8 Å². The van der Waals surface area contributed by atoms with Gasteiger partial charge < -0.3 is 10.6 Å². The minimum absolute atomic E-state index is 0.289. The Balaban J connectivity index is 1.53. The van der Waals surface area contributed by atoms with E-state index in [2.05, 4.69) is 58.0 Å². The molecule has 1 aliphatic carbocycles. The molecule has 0 amide bonds. The van der Waals surface area contributed by atoms with Crippen LogP contribution in [0, 0.1) is 0 Å². The molecule has 1 aliphatic rings. The summed E-state index contributed by atoms with van der Waals surface area (Å²) in [5.41, 5.74) is 11.8. The molecule has 2 N–H and O–H groups in total. The summed E-state index contributed by atoms with van der Waals surface area (Å²) in [6.07, 6.45) is 6.71. The van der Waals surface area contributed by atoms with Gasteiger partial charge in [0, 0.05) is 49.5 Å². The van der Waals surface area contributed by atoms with Gasteiger partial charge in [-0.25, -0.2) is 19.9 Å². The molecule has 9 heteroatoms. The maximum atomic E-state index is 6.90. The number of nitrogens with zero attached hydrogens (tertiary/aromatic N) is 6. The quantitative estimate of drug-likeness (QED) is 0.293. The van der Waals surface area contributed by atoms with E-state index >= 15 is 0 Å². The van der Waals surface area contributed by atoms with Gasteiger partial charge in [-0.3, -0.25) is 4.98 Å². The fourth-order valence-corrected chi connectivity index (χ4v) is 5.66. The van der Waals surface area contributed by atoms with Crippen LogP contribution in [0.3, 0.4) is 0 Å². The predicted octanol–water partition coefficient (Wildman–Crippen LogP) is 5.45. The monoisotopic (exact) mass is 517 g/mol. The van der Waals surface area contributed by atoms with Crippen molar-refractivity contribution in [3.05, 3.63) is 77.4 Å². The third-order valence-corrected chi connectivity index (χ3v) is 7.63. The highest BCUT2D eigenvalue weighted by atomic mass is 35.5. The summed E-state index contributed by atoms with van der Waals surface area (Å²) in [4.78, 5) is 26.2. The topological polar surface area (TPSA) is 93.7 Å². The van der Waals surface area contributed by atoms with Gasteiger partial charge in [0.05, 0.1) is 16.3 Å². The van der Waals surface area contributed by atoms with E-state index in [4.69, 9.17) is 27.3 Å². The lowest BCUT2D eigenvalue weighted by Crippen LogP contribution is -2.34. The molecule has 0 bridgehead atoms. The lowest BCUT2D eigenvalue weighted by atomic mass is 10.0. The van der Waals surface area contributed by atoms with Crippen molar-refractivity contribution >= 4 is 45.4 Å². The third kappa shape index (κ3) is 5.07. The molecule has 0 spiro atoms. The van der Waals surface area contributed by atoms with Gasteiger partial charge in [0.2, 0.25) is 0 Å². The van der Waals surface area contributed by atoms with Crippen LogP contribution in [0.15, 0.2) is 70.6 Å². The molecule has 0 radical (unpaired) electrons. The maximum Gasteiger partial charge on any atom is 0.194 e. The van der Waals surface area contributed by atoms with Gasteiger partial charge in [0.1, 0.15) is 11.3 Å². The van der Waals surface area contributed by atoms with Gasteiger partial charge >= 0.3 is 0 Å². The molecule has 0 saturated heterocycles. The molecule has 0 fully saturated rings. The van der Waals surface area contributed by atoms with Crippen LogP contribution in [0.1, 0.15) is 43.0 Å². The van der Waals surface area contributed by atoms with Crippen LogP contribution in [0.4, 0.5) is 5.82 Å². The summed E-state index contributed by atoms with van der Waals surface area (Å²) < 4.78 is 0. The molecule has 3 aromatic heterocycles. The van der Waals surface area contributed by atoms with E-state index in [9.17, 15) is 0 Å². The number of aromatic nitrogens is 5. The average Bonchev–Trinajstić information content (AvgIpc) is 3.23. The summed E-state index contributed by atoms with van der Waals surface area (Å²) in [6.45, 7) is 6.31. The average molecular weight is 518 g/mol. The smallest absolute Gasteiger partial charge is 0.194 e. The number of halogens is 1. The first-order valence-electron chi connectivity index (χ1n) is 12.1. The molecule has 3 heterocycles. The summed E-state index contributed by atoms with van der Waals surface area (Å²) in [7, 11) is 0. The second-order valence-electron chi connectivity index (χ2n) is 8.82. The fourth-order valence-electron chi connectivity index (χ4n) is 4.49. The van der Waals surface area contributed by atoms with E-state index in [1.807, 2.05) is 12.1 Å². The number of benzene rings is 1. The zero-order valence-electron chi connectivity index (χ0n) is 20.4. The number of rotatable bonds is 9. The SMILES string of the molecule is CCC1=C(Cl)c2c(nc(Sc3cnc4nccnc4c3)nc2N(CCN)CC(C)c2ccccc2)C1. The highest BCUT2D eigenvalue weighted by Gasteiger charge is 2.29. The van der Waals surface area contributed by atoms with E-state index in [-0.39, 0.29) is 5.92 Å². The van der Waals surface area contributed by atoms with Gasteiger partial charge in [-0.2, -0.15) is 0 Å². The number of pyridine rings is 1. The second-order valence-corrected chi connectivity index (χ2v) is 10.2. The van der Waals surface area contributed by atoms with Crippen molar-refractivity contribution < 1.29 is 0 Å². The van der Waals surface area contributed by atoms with E-state index < -0.39 is 0 Å². The number of hydrogen-bond donors (Lipinski definition) is 1. The number of fused-ring (bicyclic) bond motifs is 2. The van der Waals surface area contributed by atoms with E-state index in [0.717, 1.165) is 51.9 Å². The van der Waals surface area contributed by atoms with Gasteiger partial charge in [0.25, 0.3) is 0 Å². The molecular formula is C27H28ClN7S. The lowest BCUT2D eigenvalue weighted by Gasteiger charge is -2.29. The Morgan fingerprint density at radius 1 is 1.11 bits per heavy atom. The fraction of sp³-hybridized carbons (Fsp3) is 0.296. The zero-order chi connectivity index (χ0) is 25.1. The largest absolute Gasteiger partial charge is 0.354 e. The number of allylic oxidation sites excluding steroid dienone is 1. The Bertz CT molecular complexity index is 1410. The summed E-state index contributed by atoms with van der Waals surface area (Å²) in [5.74, 6) is 1.13. The van der Waals surface area contributed by atoms with Crippen LogP contribution < -0.4 is 10.6 Å². The highest BCUT2D eigenvalue weighted by molar-refractivity contribution is 7.99. The Morgan fingerprint density at radius 3 is 2.69 bits per heavy atom. The molecule has 1 atom stereocenters. The van der Waals surface area contributed by atoms with Crippen molar-refractivity contribution in [3.63, 3.8) is 0 Å². The first-order chi connectivity index (χ1) is 17.6. The molecule has 5 rings (SSSR count). The van der Waals surface area contributed by atoms with Gasteiger partial charge in [0.15, 0.2) is 10.8 Å². The molecule has 4 aromatic rings. The Hall–Kier alpha value is -3.07. The van der Waals surface area contributed by atoms with Crippen LogP contribution in [0.25, 0.3) is 16.2 Å². The first kappa shape index (κ1) is 24.6. The van der Waals surface area contributed by atoms with Crippen molar-refractivity contribution in [2.75, 3.05) is 24.5 Å². The van der Waals surface area contributed by atoms with Gasteiger partial charge in [-0.05, 0) is 41.3 Å². The van der Waals surface area contributed by atoms with Crippen LogP contribution in [0.5, 0.6) is 0 Å². The minimum atomic E-state index is 0.289. The summed E-state index contributed by atoms with van der Waals surface area (Å²) in [5, 5.41) is 1.43. The number of hydrogen-bond acceptors (Lipinski definition) is 8. The van der Waals surface area contributed by atoms with E-state index in [0.29, 0.717) is 23.9 Å². The Labute approximate surface area is 220 Å². The Morgan fingerprint density at radius 2 is 1.92 bits per heavy atom. The van der Waals surface area contributed by atoms with Crippen molar-refractivity contribution in [1.82, 2.24) is 24.9 Å². The minimum Gasteiger partial charge on any atom is -0.354 e. The van der Waals surface area contributed by atoms with Crippen LogP contribution in [-0.2, 0) is 6.42 Å². The Kier molecular flexibility index (Phi) is 7.46. The molecule has 0 saturated carbocycles. The molecule has 184 valence electrons. The number of nitrogens with two attached hydrogens (primary N) is 1. The molecule has 1 unspecified atom stereocenters. The normalized spacial score (nSPS) is 13.8. The molecule has 0 aliphatic heterocycles. The van der Waals surface area contributed by atoms with Crippen molar-refractivity contribution in [1.29, 1.82) is 0 Å². The zero-order valence-corrected chi connectivity index (χ0v) is 21.9. The second kappa shape index (κ2) is 10.9. The third-order valence-electron chi connectivity index (χ3n) is 6.35.